The van der Waals surface area contributed by atoms with E-state index < -0.39 is 21.4 Å². The summed E-state index contributed by atoms with van der Waals surface area (Å²) in [6, 6.07) is 11.1. The second-order valence-electron chi connectivity index (χ2n) is 17.3. The highest BCUT2D eigenvalue weighted by Gasteiger charge is 2.42. The molecule has 4 heterocycles. The van der Waals surface area contributed by atoms with Crippen molar-refractivity contribution in [2.45, 2.75) is 185 Å². The molecular formula is C47H78N6O4. The van der Waals surface area contributed by atoms with Crippen LogP contribution < -0.4 is 10.6 Å². The molecule has 10 heteroatoms. The first-order chi connectivity index (χ1) is 27.9. The summed E-state index contributed by atoms with van der Waals surface area (Å²) in [4.78, 5) is 35.0. The average molecular weight is 791 g/mol. The number of amides is 2. The SMILES string of the molecule is O=C(NCCCCCCCCCCCCc1ccccn1)[C@@H]1CCC[N+]1([O-])CCC[N+]1([O-])CCC[C@H]1C(=O)NCCCCCCCCCCCCc1ccccn1. The van der Waals surface area contributed by atoms with Crippen molar-refractivity contribution in [3.63, 3.8) is 0 Å². The number of hydroxylamine groups is 6. The highest BCUT2D eigenvalue weighted by molar-refractivity contribution is 5.81. The largest absolute Gasteiger partial charge is 0.632 e. The van der Waals surface area contributed by atoms with Gasteiger partial charge < -0.3 is 30.3 Å². The molecule has 2 aromatic rings. The van der Waals surface area contributed by atoms with Crippen molar-refractivity contribution in [2.24, 2.45) is 0 Å². The van der Waals surface area contributed by atoms with Gasteiger partial charge >= 0.3 is 0 Å². The molecule has 0 spiro atoms. The zero-order valence-electron chi connectivity index (χ0n) is 35.5. The molecule has 0 bridgehead atoms. The highest BCUT2D eigenvalue weighted by Crippen LogP contribution is 2.30. The number of pyridine rings is 2. The Morgan fingerprint density at radius 1 is 0.509 bits per heavy atom. The van der Waals surface area contributed by atoms with Crippen LogP contribution in [0.1, 0.15) is 172 Å². The Morgan fingerprint density at radius 2 is 0.860 bits per heavy atom. The molecule has 0 radical (unpaired) electrons. The number of rotatable bonds is 32. The van der Waals surface area contributed by atoms with Gasteiger partial charge in [-0.25, -0.2) is 0 Å². The Bertz CT molecular complexity index is 1250. The molecule has 2 saturated heterocycles. The summed E-state index contributed by atoms with van der Waals surface area (Å²) < 4.78 is -1.06. The van der Waals surface area contributed by atoms with E-state index in [1.54, 1.807) is 0 Å². The standard InChI is InChI=1S/C47H78N6O4/c54-46(50-36-21-15-11-7-3-1-5-9-13-17-28-42-30-19-23-34-48-42)44-32-25-38-52(44,56)40-27-41-53(57)39-26-33-45(53)47(55)51-37-22-16-12-8-4-2-6-10-14-18-29-43-31-20-24-35-49-43/h19-20,23-24,30-31,34-35,44-45H,1-18,21-22,25-29,32-33,36-41H2,(H,50,54)(H,51,55)/t44-,45-,52?,53?/m0/s1. The molecule has 4 rings (SSSR count). The van der Waals surface area contributed by atoms with Gasteiger partial charge in [0.1, 0.15) is 0 Å². The Hall–Kier alpha value is -2.92. The summed E-state index contributed by atoms with van der Waals surface area (Å²) in [5, 5.41) is 33.8. The number of nitrogens with one attached hydrogen (secondary N) is 2. The monoisotopic (exact) mass is 791 g/mol. The van der Waals surface area contributed by atoms with Crippen LogP contribution >= 0.6 is 0 Å². The minimum atomic E-state index is -0.583. The maximum Gasteiger partial charge on any atom is 0.278 e. The summed E-state index contributed by atoms with van der Waals surface area (Å²) in [6.45, 7) is 2.64. The van der Waals surface area contributed by atoms with Crippen LogP contribution in [-0.2, 0) is 22.4 Å². The summed E-state index contributed by atoms with van der Waals surface area (Å²) in [7, 11) is 0. The van der Waals surface area contributed by atoms with Crippen molar-refractivity contribution in [3.8, 4) is 0 Å². The first kappa shape index (κ1) is 46.8. The van der Waals surface area contributed by atoms with Crippen molar-refractivity contribution < 1.29 is 18.9 Å². The number of aromatic nitrogens is 2. The molecular weight excluding hydrogens is 713 g/mol. The second-order valence-corrected chi connectivity index (χ2v) is 17.3. The number of likely N-dealkylation sites (tertiary alicyclic amines) is 2. The van der Waals surface area contributed by atoms with Crippen LogP contribution in [0.25, 0.3) is 0 Å². The van der Waals surface area contributed by atoms with Crippen molar-refractivity contribution >= 4 is 11.8 Å². The van der Waals surface area contributed by atoms with Crippen molar-refractivity contribution in [2.75, 3.05) is 39.3 Å². The molecule has 2 aliphatic rings. The minimum absolute atomic E-state index is 0.127. The van der Waals surface area contributed by atoms with Gasteiger partial charge in [-0.15, -0.1) is 0 Å². The van der Waals surface area contributed by atoms with E-state index in [1.165, 1.54) is 114 Å². The fourth-order valence-corrected chi connectivity index (χ4v) is 9.16. The normalized spacial score (nSPS) is 21.9. The fourth-order valence-electron chi connectivity index (χ4n) is 9.16. The summed E-state index contributed by atoms with van der Waals surface area (Å²) in [5.41, 5.74) is 2.39. The number of carbonyl (C=O) groups excluding carboxylic acids is 2. The molecule has 2 aliphatic heterocycles. The van der Waals surface area contributed by atoms with Gasteiger partial charge in [-0.2, -0.15) is 0 Å². The van der Waals surface area contributed by atoms with Crippen LogP contribution in [0.4, 0.5) is 0 Å². The van der Waals surface area contributed by atoms with E-state index >= 15 is 0 Å². The molecule has 2 aromatic heterocycles. The third-order valence-electron chi connectivity index (χ3n) is 12.6. The van der Waals surface area contributed by atoms with Gasteiger partial charge in [0.15, 0.2) is 12.1 Å². The van der Waals surface area contributed by atoms with Gasteiger partial charge in [0.05, 0.1) is 26.2 Å². The second kappa shape index (κ2) is 27.7. The Balaban J connectivity index is 0.966. The van der Waals surface area contributed by atoms with E-state index in [9.17, 15) is 20.0 Å². The topological polar surface area (TPSA) is 130 Å². The molecule has 2 amide bonds. The third kappa shape index (κ3) is 18.3. The molecule has 2 fully saturated rings. The molecule has 320 valence electrons. The number of aryl methyl sites for hydroxylation is 2. The van der Waals surface area contributed by atoms with Gasteiger partial charge in [0.2, 0.25) is 0 Å². The molecule has 4 atom stereocenters. The number of carbonyl (C=O) groups is 2. The van der Waals surface area contributed by atoms with E-state index in [0.29, 0.717) is 45.4 Å². The molecule has 0 saturated carbocycles. The number of quaternary nitrogens is 2. The van der Waals surface area contributed by atoms with Gasteiger partial charge in [0.25, 0.3) is 11.8 Å². The number of unbranched alkanes of at least 4 members (excludes halogenated alkanes) is 18. The predicted molar refractivity (Wildman–Crippen MR) is 232 cm³/mol. The Labute approximate surface area is 345 Å². The first-order valence-corrected chi connectivity index (χ1v) is 23.4. The first-order valence-electron chi connectivity index (χ1n) is 23.4. The minimum Gasteiger partial charge on any atom is -0.632 e. The molecule has 2 unspecified atom stereocenters. The Kier molecular flexibility index (Phi) is 22.7. The lowest BCUT2D eigenvalue weighted by Crippen LogP contribution is -2.57. The Morgan fingerprint density at radius 3 is 1.21 bits per heavy atom. The van der Waals surface area contributed by atoms with E-state index in [4.69, 9.17) is 0 Å². The van der Waals surface area contributed by atoms with E-state index in [-0.39, 0.29) is 24.9 Å². The number of hydrogen-bond donors (Lipinski definition) is 2. The average Bonchev–Trinajstić information content (AvgIpc) is 3.81. The van der Waals surface area contributed by atoms with Crippen molar-refractivity contribution in [1.29, 1.82) is 0 Å². The number of hydrogen-bond acceptors (Lipinski definition) is 6. The summed E-state index contributed by atoms with van der Waals surface area (Å²) >= 11 is 0. The van der Waals surface area contributed by atoms with Crippen LogP contribution in [0, 0.1) is 10.4 Å². The summed E-state index contributed by atoms with van der Waals surface area (Å²) in [6.07, 6.45) is 33.3. The fraction of sp³-hybridized carbons (Fsp3) is 0.745. The van der Waals surface area contributed by atoms with Gasteiger partial charge in [-0.1, -0.05) is 115 Å². The van der Waals surface area contributed by atoms with Crippen LogP contribution in [0.3, 0.4) is 0 Å². The summed E-state index contributed by atoms with van der Waals surface area (Å²) in [5.74, 6) is -0.253. The lowest BCUT2D eigenvalue weighted by molar-refractivity contribution is -0.902. The molecule has 10 nitrogen and oxygen atoms in total. The number of nitrogens with zero attached hydrogens (tertiary/aromatic N) is 4. The lowest BCUT2D eigenvalue weighted by atomic mass is 10.0. The van der Waals surface area contributed by atoms with E-state index in [1.807, 2.05) is 24.5 Å². The smallest absolute Gasteiger partial charge is 0.278 e. The zero-order chi connectivity index (χ0) is 40.3. The van der Waals surface area contributed by atoms with Crippen LogP contribution in [0.15, 0.2) is 48.8 Å². The molecule has 0 aliphatic carbocycles. The maximum atomic E-state index is 13.8. The molecule has 57 heavy (non-hydrogen) atoms. The predicted octanol–water partition coefficient (Wildman–Crippen LogP) is 9.64. The van der Waals surface area contributed by atoms with Gasteiger partial charge in [-0.3, -0.25) is 19.6 Å². The van der Waals surface area contributed by atoms with Crippen molar-refractivity contribution in [3.05, 3.63) is 70.6 Å². The van der Waals surface area contributed by atoms with Crippen LogP contribution in [-0.4, -0.2) is 82.4 Å². The maximum absolute atomic E-state index is 13.8. The third-order valence-corrected chi connectivity index (χ3v) is 12.6. The van der Waals surface area contributed by atoms with E-state index in [0.717, 1.165) is 51.4 Å². The van der Waals surface area contributed by atoms with Crippen LogP contribution in [0.2, 0.25) is 0 Å². The quantitative estimate of drug-likeness (QED) is 0.0431. The highest BCUT2D eigenvalue weighted by atomic mass is 16.6. The molecule has 2 N–H and O–H groups in total. The van der Waals surface area contributed by atoms with Gasteiger partial charge in [0, 0.05) is 69.0 Å². The molecule has 0 aromatic carbocycles. The van der Waals surface area contributed by atoms with E-state index in [2.05, 4.69) is 44.9 Å². The van der Waals surface area contributed by atoms with Crippen molar-refractivity contribution in [1.82, 2.24) is 20.6 Å². The van der Waals surface area contributed by atoms with Crippen LogP contribution in [0.5, 0.6) is 0 Å². The zero-order valence-corrected chi connectivity index (χ0v) is 35.5. The lowest BCUT2D eigenvalue weighted by Gasteiger charge is -2.46. The van der Waals surface area contributed by atoms with Gasteiger partial charge in [-0.05, 0) is 62.8 Å².